The van der Waals surface area contributed by atoms with Gasteiger partial charge < -0.3 is 0 Å². The number of hydrogen-bond donors (Lipinski definition) is 0. The van der Waals surface area contributed by atoms with Gasteiger partial charge in [0.2, 0.25) is 10.0 Å². The van der Waals surface area contributed by atoms with Gasteiger partial charge in [-0.25, -0.2) is 17.2 Å². The molecule has 20 heavy (non-hydrogen) atoms. The zero-order valence-corrected chi connectivity index (χ0v) is 13.3. The normalized spacial score (nSPS) is 17.0. The van der Waals surface area contributed by atoms with Gasteiger partial charge >= 0.3 is 0 Å². The van der Waals surface area contributed by atoms with Crippen LogP contribution in [0.25, 0.3) is 0 Å². The third kappa shape index (κ3) is 3.20. The van der Waals surface area contributed by atoms with Crippen molar-refractivity contribution in [3.63, 3.8) is 0 Å². The quantitative estimate of drug-likeness (QED) is 0.748. The maximum atomic E-state index is 13.3. The fraction of sp³-hybridized carbons (Fsp3) is 0.538. The fourth-order valence-electron chi connectivity index (χ4n) is 2.55. The molecule has 0 spiro atoms. The van der Waals surface area contributed by atoms with Crippen LogP contribution in [0.5, 0.6) is 0 Å². The van der Waals surface area contributed by atoms with Crippen molar-refractivity contribution in [2.75, 3.05) is 11.9 Å². The molecule has 0 heterocycles. The Hall–Kier alpha value is -0.530. The molecule has 2 rings (SSSR count). The van der Waals surface area contributed by atoms with Gasteiger partial charge in [0.25, 0.3) is 0 Å². The van der Waals surface area contributed by atoms with Crippen LogP contribution in [0.2, 0.25) is 0 Å². The second kappa shape index (κ2) is 6.49. The van der Waals surface area contributed by atoms with E-state index in [1.807, 2.05) is 0 Å². The molecule has 0 aromatic heterocycles. The highest BCUT2D eigenvalue weighted by Gasteiger charge is 2.33. The zero-order valence-electron chi connectivity index (χ0n) is 10.9. The Morgan fingerprint density at radius 3 is 2.40 bits per heavy atom. The van der Waals surface area contributed by atoms with Crippen LogP contribution in [0.1, 0.15) is 25.7 Å². The van der Waals surface area contributed by atoms with E-state index in [2.05, 4.69) is 15.9 Å². The van der Waals surface area contributed by atoms with Crippen molar-refractivity contribution in [2.24, 2.45) is 0 Å². The van der Waals surface area contributed by atoms with Crippen molar-refractivity contribution in [1.29, 1.82) is 0 Å². The Morgan fingerprint density at radius 2 is 1.85 bits per heavy atom. The first-order chi connectivity index (χ1) is 9.46. The Balaban J connectivity index is 2.36. The molecule has 0 aliphatic heterocycles. The van der Waals surface area contributed by atoms with Crippen molar-refractivity contribution in [3.8, 4) is 0 Å². The molecule has 0 bridgehead atoms. The van der Waals surface area contributed by atoms with E-state index in [1.165, 1.54) is 4.31 Å². The van der Waals surface area contributed by atoms with Crippen molar-refractivity contribution < 1.29 is 17.2 Å². The van der Waals surface area contributed by atoms with Crippen molar-refractivity contribution in [2.45, 2.75) is 36.6 Å². The summed E-state index contributed by atoms with van der Waals surface area (Å²) in [5.74, 6) is -2.19. The molecule has 3 nitrogen and oxygen atoms in total. The highest BCUT2D eigenvalue weighted by molar-refractivity contribution is 9.09. The van der Waals surface area contributed by atoms with Gasteiger partial charge in [0.05, 0.1) is 4.90 Å². The van der Waals surface area contributed by atoms with E-state index in [9.17, 15) is 17.2 Å². The third-order valence-electron chi connectivity index (χ3n) is 3.53. The summed E-state index contributed by atoms with van der Waals surface area (Å²) in [4.78, 5) is -0.191. The monoisotopic (exact) mass is 367 g/mol. The van der Waals surface area contributed by atoms with Crippen LogP contribution in [0.15, 0.2) is 23.1 Å². The summed E-state index contributed by atoms with van der Waals surface area (Å²) in [6.07, 6.45) is 3.62. The maximum absolute atomic E-state index is 13.3. The van der Waals surface area contributed by atoms with Gasteiger partial charge in [-0.3, -0.25) is 0 Å². The summed E-state index contributed by atoms with van der Waals surface area (Å²) in [6, 6.07) is 2.67. The van der Waals surface area contributed by atoms with Gasteiger partial charge in [0.1, 0.15) is 0 Å². The second-order valence-corrected chi connectivity index (χ2v) is 7.50. The van der Waals surface area contributed by atoms with E-state index in [0.717, 1.165) is 43.9 Å². The number of halogens is 3. The van der Waals surface area contributed by atoms with Gasteiger partial charge in [0, 0.05) is 17.9 Å². The highest BCUT2D eigenvalue weighted by Crippen LogP contribution is 2.29. The molecule has 1 aliphatic rings. The van der Waals surface area contributed by atoms with Crippen LogP contribution in [0, 0.1) is 11.6 Å². The van der Waals surface area contributed by atoms with Crippen LogP contribution < -0.4 is 0 Å². The first-order valence-corrected chi connectivity index (χ1v) is 9.06. The number of hydrogen-bond acceptors (Lipinski definition) is 2. The third-order valence-corrected chi connectivity index (χ3v) is 5.84. The molecule has 0 amide bonds. The average Bonchev–Trinajstić information content (AvgIpc) is 2.92. The topological polar surface area (TPSA) is 37.4 Å². The molecule has 1 aromatic rings. The standard InChI is InChI=1S/C13H16BrF2NO2S/c14-7-8-17(10-3-1-2-4-10)20(18,19)11-5-6-12(15)13(16)9-11/h5-6,9-10H,1-4,7-8H2. The summed E-state index contributed by atoms with van der Waals surface area (Å²) in [7, 11) is -3.79. The van der Waals surface area contributed by atoms with E-state index in [-0.39, 0.29) is 10.9 Å². The molecule has 1 fully saturated rings. The van der Waals surface area contributed by atoms with E-state index >= 15 is 0 Å². The second-order valence-electron chi connectivity index (χ2n) is 4.82. The van der Waals surface area contributed by atoms with Crippen LogP contribution in [-0.2, 0) is 10.0 Å². The lowest BCUT2D eigenvalue weighted by Gasteiger charge is -2.27. The minimum absolute atomic E-state index is 0.0503. The number of rotatable bonds is 5. The lowest BCUT2D eigenvalue weighted by Crippen LogP contribution is -2.40. The average molecular weight is 368 g/mol. The molecule has 1 saturated carbocycles. The van der Waals surface area contributed by atoms with Crippen LogP contribution in [0.4, 0.5) is 8.78 Å². The zero-order chi connectivity index (χ0) is 14.8. The molecule has 0 atom stereocenters. The van der Waals surface area contributed by atoms with Gasteiger partial charge in [0.15, 0.2) is 11.6 Å². The molecule has 0 saturated heterocycles. The smallest absolute Gasteiger partial charge is 0.207 e. The van der Waals surface area contributed by atoms with Gasteiger partial charge in [-0.1, -0.05) is 28.8 Å². The van der Waals surface area contributed by atoms with E-state index < -0.39 is 21.7 Å². The minimum Gasteiger partial charge on any atom is -0.207 e. The first-order valence-electron chi connectivity index (χ1n) is 6.49. The predicted octanol–water partition coefficient (Wildman–Crippen LogP) is 3.29. The number of nitrogens with zero attached hydrogens (tertiary/aromatic N) is 1. The summed E-state index contributed by atoms with van der Waals surface area (Å²) >= 11 is 3.25. The lowest BCUT2D eigenvalue weighted by atomic mass is 10.2. The highest BCUT2D eigenvalue weighted by atomic mass is 79.9. The van der Waals surface area contributed by atoms with Crippen LogP contribution >= 0.6 is 15.9 Å². The fourth-order valence-corrected chi connectivity index (χ4v) is 4.86. The molecule has 0 radical (unpaired) electrons. The Bertz CT molecular complexity index is 574. The first kappa shape index (κ1) is 15.9. The number of benzene rings is 1. The molecule has 112 valence electrons. The van der Waals surface area contributed by atoms with Gasteiger partial charge in [-0.15, -0.1) is 0 Å². The summed E-state index contributed by atoms with van der Waals surface area (Å²) in [6.45, 7) is 0.325. The molecular weight excluding hydrogens is 352 g/mol. The summed E-state index contributed by atoms with van der Waals surface area (Å²) in [5.41, 5.74) is 0. The number of sulfonamides is 1. The molecule has 1 aliphatic carbocycles. The Kier molecular flexibility index (Phi) is 5.14. The summed E-state index contributed by atoms with van der Waals surface area (Å²) in [5, 5.41) is 0.506. The van der Waals surface area contributed by atoms with Crippen molar-refractivity contribution in [1.82, 2.24) is 4.31 Å². The molecule has 0 unspecified atom stereocenters. The lowest BCUT2D eigenvalue weighted by molar-refractivity contribution is 0.337. The van der Waals surface area contributed by atoms with Crippen molar-refractivity contribution >= 4 is 26.0 Å². The largest absolute Gasteiger partial charge is 0.243 e. The SMILES string of the molecule is O=S(=O)(c1ccc(F)c(F)c1)N(CCBr)C1CCCC1. The molecule has 7 heteroatoms. The van der Waals surface area contributed by atoms with Crippen LogP contribution in [-0.4, -0.2) is 30.6 Å². The maximum Gasteiger partial charge on any atom is 0.243 e. The number of alkyl halides is 1. The van der Waals surface area contributed by atoms with Gasteiger partial charge in [-0.05, 0) is 31.0 Å². The molecular formula is C13H16BrF2NO2S. The minimum atomic E-state index is -3.79. The van der Waals surface area contributed by atoms with Gasteiger partial charge in [-0.2, -0.15) is 4.31 Å². The molecule has 1 aromatic carbocycles. The van der Waals surface area contributed by atoms with Crippen molar-refractivity contribution in [3.05, 3.63) is 29.8 Å². The Labute approximate surface area is 126 Å². The summed E-state index contributed by atoms with van der Waals surface area (Å²) < 4.78 is 52.8. The molecule has 0 N–H and O–H groups in total. The van der Waals surface area contributed by atoms with Crippen LogP contribution in [0.3, 0.4) is 0 Å². The predicted molar refractivity (Wildman–Crippen MR) is 76.3 cm³/mol. The van der Waals surface area contributed by atoms with E-state index in [0.29, 0.717) is 11.9 Å². The van der Waals surface area contributed by atoms with E-state index in [1.54, 1.807) is 0 Å². The van der Waals surface area contributed by atoms with E-state index in [4.69, 9.17) is 0 Å². The Morgan fingerprint density at radius 1 is 1.20 bits per heavy atom.